The molecule has 0 radical (unpaired) electrons. The maximum Gasteiger partial charge on any atom is 0.250 e. The molecule has 120 valence electrons. The van der Waals surface area contributed by atoms with E-state index in [1.165, 1.54) is 0 Å². The largest absolute Gasteiger partial charge is 0.385 e. The second-order valence-corrected chi connectivity index (χ2v) is 4.50. The van der Waals surface area contributed by atoms with Gasteiger partial charge in [0.05, 0.1) is 6.61 Å². The van der Waals surface area contributed by atoms with Gasteiger partial charge in [0.15, 0.2) is 0 Å². The van der Waals surface area contributed by atoms with E-state index in [0.717, 1.165) is 25.2 Å². The van der Waals surface area contributed by atoms with Gasteiger partial charge in [-0.05, 0) is 18.6 Å². The van der Waals surface area contributed by atoms with E-state index >= 15 is 0 Å². The Balaban J connectivity index is 0.00000200. The quantitative estimate of drug-likeness (QED) is 0.688. The fourth-order valence-corrected chi connectivity index (χ4v) is 1.94. The van der Waals surface area contributed by atoms with Crippen LogP contribution in [-0.2, 0) is 9.53 Å². The molecule has 1 atom stereocenters. The Morgan fingerprint density at radius 1 is 1.24 bits per heavy atom. The molecule has 21 heavy (non-hydrogen) atoms. The van der Waals surface area contributed by atoms with E-state index in [-0.39, 0.29) is 36.8 Å². The lowest BCUT2D eigenvalue weighted by molar-refractivity contribution is -0.134. The molecule has 0 saturated carbocycles. The molecular formula is C14H23Cl2N3O2. The first-order valence-electron chi connectivity index (χ1n) is 6.75. The van der Waals surface area contributed by atoms with Gasteiger partial charge in [-0.1, -0.05) is 18.2 Å². The van der Waals surface area contributed by atoms with Crippen molar-refractivity contribution in [3.8, 4) is 0 Å². The van der Waals surface area contributed by atoms with Crippen molar-refractivity contribution in [1.29, 1.82) is 0 Å². The molecule has 7 heteroatoms. The average molecular weight is 336 g/mol. The Kier molecular flexibility index (Phi) is 11.1. The highest BCUT2D eigenvalue weighted by atomic mass is 35.5. The van der Waals surface area contributed by atoms with Gasteiger partial charge in [0.1, 0.15) is 6.10 Å². The molecule has 2 rings (SSSR count). The molecule has 1 aliphatic rings. The van der Waals surface area contributed by atoms with Gasteiger partial charge in [0.25, 0.3) is 0 Å². The van der Waals surface area contributed by atoms with E-state index in [9.17, 15) is 4.79 Å². The third-order valence-corrected chi connectivity index (χ3v) is 2.98. The smallest absolute Gasteiger partial charge is 0.250 e. The normalized spacial score (nSPS) is 17.0. The SMILES string of the molecule is Cl.Cl.O=C(NCCCNc1ccccc1)C1CNCCO1. The van der Waals surface area contributed by atoms with Crippen molar-refractivity contribution in [1.82, 2.24) is 10.6 Å². The highest BCUT2D eigenvalue weighted by molar-refractivity contribution is 5.85. The van der Waals surface area contributed by atoms with Crippen LogP contribution in [0.3, 0.4) is 0 Å². The molecule has 1 fully saturated rings. The second-order valence-electron chi connectivity index (χ2n) is 4.50. The number of carbonyl (C=O) groups is 1. The van der Waals surface area contributed by atoms with Gasteiger partial charge >= 0.3 is 0 Å². The van der Waals surface area contributed by atoms with Crippen LogP contribution in [0.15, 0.2) is 30.3 Å². The Morgan fingerprint density at radius 2 is 2.00 bits per heavy atom. The van der Waals surface area contributed by atoms with E-state index in [4.69, 9.17) is 4.74 Å². The zero-order valence-corrected chi connectivity index (χ0v) is 13.5. The van der Waals surface area contributed by atoms with E-state index in [0.29, 0.717) is 19.7 Å². The van der Waals surface area contributed by atoms with E-state index in [2.05, 4.69) is 16.0 Å². The lowest BCUT2D eigenvalue weighted by atomic mass is 10.3. The van der Waals surface area contributed by atoms with Crippen LogP contribution in [0, 0.1) is 0 Å². The number of para-hydroxylation sites is 1. The molecule has 0 bridgehead atoms. The predicted molar refractivity (Wildman–Crippen MR) is 89.7 cm³/mol. The van der Waals surface area contributed by atoms with Crippen LogP contribution in [-0.4, -0.2) is 44.8 Å². The van der Waals surface area contributed by atoms with Crippen LogP contribution in [0.25, 0.3) is 0 Å². The first-order valence-corrected chi connectivity index (χ1v) is 6.75. The molecule has 0 aromatic heterocycles. The Hall–Kier alpha value is -1.01. The number of amides is 1. The maximum atomic E-state index is 11.7. The lowest BCUT2D eigenvalue weighted by Gasteiger charge is -2.22. The lowest BCUT2D eigenvalue weighted by Crippen LogP contribution is -2.48. The molecular weight excluding hydrogens is 313 g/mol. The van der Waals surface area contributed by atoms with Crippen LogP contribution in [0.1, 0.15) is 6.42 Å². The van der Waals surface area contributed by atoms with Gasteiger partial charge in [-0.25, -0.2) is 0 Å². The van der Waals surface area contributed by atoms with Crippen molar-refractivity contribution in [3.05, 3.63) is 30.3 Å². The number of nitrogens with one attached hydrogen (secondary N) is 3. The molecule has 0 aliphatic carbocycles. The highest BCUT2D eigenvalue weighted by Gasteiger charge is 2.20. The summed E-state index contributed by atoms with van der Waals surface area (Å²) >= 11 is 0. The third kappa shape index (κ3) is 7.52. The minimum absolute atomic E-state index is 0. The molecule has 1 heterocycles. The number of hydrogen-bond acceptors (Lipinski definition) is 4. The summed E-state index contributed by atoms with van der Waals surface area (Å²) in [5, 5.41) is 9.34. The topological polar surface area (TPSA) is 62.4 Å². The minimum Gasteiger partial charge on any atom is -0.385 e. The van der Waals surface area contributed by atoms with Crippen LogP contribution >= 0.6 is 24.8 Å². The summed E-state index contributed by atoms with van der Waals surface area (Å²) < 4.78 is 5.38. The van der Waals surface area contributed by atoms with Gasteiger partial charge in [0, 0.05) is 31.9 Å². The molecule has 1 aromatic carbocycles. The molecule has 1 unspecified atom stereocenters. The predicted octanol–water partition coefficient (Wildman–Crippen LogP) is 1.44. The number of hydrogen-bond donors (Lipinski definition) is 3. The minimum atomic E-state index is -0.337. The summed E-state index contributed by atoms with van der Waals surface area (Å²) in [4.78, 5) is 11.7. The number of halogens is 2. The number of rotatable bonds is 6. The van der Waals surface area contributed by atoms with Crippen LogP contribution in [0.5, 0.6) is 0 Å². The van der Waals surface area contributed by atoms with Crippen LogP contribution in [0.4, 0.5) is 5.69 Å². The summed E-state index contributed by atoms with van der Waals surface area (Å²) in [5.41, 5.74) is 1.11. The Labute approximate surface area is 138 Å². The summed E-state index contributed by atoms with van der Waals surface area (Å²) in [6.07, 6.45) is 0.552. The first-order chi connectivity index (χ1) is 9.36. The van der Waals surface area contributed by atoms with Crippen molar-refractivity contribution in [2.75, 3.05) is 38.1 Å². The first kappa shape index (κ1) is 20.0. The second kappa shape index (κ2) is 11.6. The third-order valence-electron chi connectivity index (χ3n) is 2.98. The highest BCUT2D eigenvalue weighted by Crippen LogP contribution is 2.04. The summed E-state index contributed by atoms with van der Waals surface area (Å²) in [6.45, 7) is 3.54. The van der Waals surface area contributed by atoms with Gasteiger partial charge in [-0.3, -0.25) is 4.79 Å². The van der Waals surface area contributed by atoms with Crippen molar-refractivity contribution < 1.29 is 9.53 Å². The molecule has 1 aromatic rings. The van der Waals surface area contributed by atoms with Crippen molar-refractivity contribution >= 4 is 36.4 Å². The van der Waals surface area contributed by atoms with Gasteiger partial charge in [0.2, 0.25) is 5.91 Å². The number of anilines is 1. The molecule has 5 nitrogen and oxygen atoms in total. The van der Waals surface area contributed by atoms with Gasteiger partial charge in [-0.15, -0.1) is 24.8 Å². The number of benzene rings is 1. The number of ether oxygens (including phenoxy) is 1. The number of carbonyl (C=O) groups excluding carboxylic acids is 1. The van der Waals surface area contributed by atoms with E-state index < -0.39 is 0 Å². The zero-order chi connectivity index (χ0) is 13.3. The summed E-state index contributed by atoms with van der Waals surface area (Å²) in [7, 11) is 0. The van der Waals surface area contributed by atoms with Gasteiger partial charge in [-0.2, -0.15) is 0 Å². The van der Waals surface area contributed by atoms with Crippen molar-refractivity contribution in [3.63, 3.8) is 0 Å². The zero-order valence-electron chi connectivity index (χ0n) is 11.8. The van der Waals surface area contributed by atoms with Crippen molar-refractivity contribution in [2.24, 2.45) is 0 Å². The maximum absolute atomic E-state index is 11.7. The number of morpholine rings is 1. The molecule has 1 amide bonds. The van der Waals surface area contributed by atoms with Crippen molar-refractivity contribution in [2.45, 2.75) is 12.5 Å². The summed E-state index contributed by atoms with van der Waals surface area (Å²) in [6, 6.07) is 10.0. The molecule has 1 aliphatic heterocycles. The fourth-order valence-electron chi connectivity index (χ4n) is 1.94. The molecule has 3 N–H and O–H groups in total. The molecule has 1 saturated heterocycles. The Bertz CT molecular complexity index is 387. The van der Waals surface area contributed by atoms with Crippen LogP contribution < -0.4 is 16.0 Å². The standard InChI is InChI=1S/C14H21N3O2.2ClH/c18-14(13-11-15-9-10-19-13)17-8-4-7-16-12-5-2-1-3-6-12;;/h1-3,5-6,13,15-16H,4,7-11H2,(H,17,18);2*1H. The van der Waals surface area contributed by atoms with Gasteiger partial charge < -0.3 is 20.7 Å². The molecule has 0 spiro atoms. The van der Waals surface area contributed by atoms with E-state index in [1.807, 2.05) is 30.3 Å². The fraction of sp³-hybridized carbons (Fsp3) is 0.500. The van der Waals surface area contributed by atoms with E-state index in [1.54, 1.807) is 0 Å². The Morgan fingerprint density at radius 3 is 2.67 bits per heavy atom. The monoisotopic (exact) mass is 335 g/mol. The summed E-state index contributed by atoms with van der Waals surface area (Å²) in [5.74, 6) is -0.0214. The van der Waals surface area contributed by atoms with Crippen LogP contribution in [0.2, 0.25) is 0 Å². The average Bonchev–Trinajstić information content (AvgIpc) is 2.49.